The van der Waals surface area contributed by atoms with Crippen LogP contribution in [0.3, 0.4) is 0 Å². The number of anilines is 1. The Bertz CT molecular complexity index is 1520. The lowest BCUT2D eigenvalue weighted by Crippen LogP contribution is -2.07. The maximum Gasteiger partial charge on any atom is 0.229 e. The van der Waals surface area contributed by atoms with E-state index in [1.165, 1.54) is 9.41 Å². The molecule has 9 heteroatoms. The molecule has 2 aromatic heterocycles. The number of fused-ring (bicyclic) bond motifs is 3. The molecule has 3 aromatic carbocycles. The van der Waals surface area contributed by atoms with Crippen molar-refractivity contribution in [2.45, 2.75) is 21.4 Å². The zero-order chi connectivity index (χ0) is 22.1. The third-order valence-electron chi connectivity index (χ3n) is 5.15. The summed E-state index contributed by atoms with van der Waals surface area (Å²) < 4.78 is 27.9. The molecule has 0 aliphatic carbocycles. The van der Waals surface area contributed by atoms with Gasteiger partial charge in [0.05, 0.1) is 10.4 Å². The van der Waals surface area contributed by atoms with Crippen molar-refractivity contribution in [3.05, 3.63) is 84.4 Å². The molecule has 0 saturated heterocycles. The molecule has 160 valence electrons. The minimum atomic E-state index is -3.87. The third kappa shape index (κ3) is 3.59. The van der Waals surface area contributed by atoms with Gasteiger partial charge in [-0.25, -0.2) is 13.4 Å². The van der Waals surface area contributed by atoms with Gasteiger partial charge in [0, 0.05) is 16.8 Å². The zero-order valence-corrected chi connectivity index (χ0v) is 18.8. The summed E-state index contributed by atoms with van der Waals surface area (Å²) in [6.07, 6.45) is 2.04. The summed E-state index contributed by atoms with van der Waals surface area (Å²) in [5.74, 6) is 0.578. The minimum Gasteiger partial charge on any atom is -0.365 e. The Kier molecular flexibility index (Phi) is 5.28. The van der Waals surface area contributed by atoms with Crippen LogP contribution in [0.2, 0.25) is 0 Å². The van der Waals surface area contributed by atoms with Crippen LogP contribution in [0, 0.1) is 0 Å². The first-order valence-electron chi connectivity index (χ1n) is 9.89. The van der Waals surface area contributed by atoms with E-state index in [1.54, 1.807) is 42.1 Å². The van der Waals surface area contributed by atoms with Crippen LogP contribution in [0.25, 0.3) is 16.6 Å². The lowest BCUT2D eigenvalue weighted by molar-refractivity contribution is 0.592. The van der Waals surface area contributed by atoms with E-state index in [0.717, 1.165) is 16.5 Å². The number of hydrogen-bond acceptors (Lipinski definition) is 7. The molecule has 0 unspecified atom stereocenters. The summed E-state index contributed by atoms with van der Waals surface area (Å²) in [4.78, 5) is 6.00. The van der Waals surface area contributed by atoms with E-state index < -0.39 is 9.84 Å². The van der Waals surface area contributed by atoms with Crippen LogP contribution in [0.4, 0.5) is 5.82 Å². The van der Waals surface area contributed by atoms with Crippen molar-refractivity contribution in [1.29, 1.82) is 0 Å². The number of aromatic nitrogens is 4. The number of sulfone groups is 1. The van der Waals surface area contributed by atoms with Gasteiger partial charge >= 0.3 is 0 Å². The quantitative estimate of drug-likeness (QED) is 0.374. The van der Waals surface area contributed by atoms with Crippen LogP contribution in [0.15, 0.2) is 93.7 Å². The van der Waals surface area contributed by atoms with Gasteiger partial charge in [0.2, 0.25) is 14.9 Å². The first-order valence-corrected chi connectivity index (χ1v) is 12.6. The Morgan fingerprint density at radius 2 is 1.66 bits per heavy atom. The maximum atomic E-state index is 13.2. The number of benzene rings is 3. The van der Waals surface area contributed by atoms with Crippen LogP contribution in [-0.4, -0.2) is 34.5 Å². The highest BCUT2D eigenvalue weighted by Gasteiger charge is 2.26. The summed E-state index contributed by atoms with van der Waals surface area (Å²) >= 11 is 1.69. The molecular weight excluding hydrogens is 442 g/mol. The van der Waals surface area contributed by atoms with Gasteiger partial charge in [0.15, 0.2) is 5.65 Å². The Morgan fingerprint density at radius 3 is 2.41 bits per heavy atom. The molecule has 1 N–H and O–H groups in total. The van der Waals surface area contributed by atoms with Gasteiger partial charge in [0.1, 0.15) is 5.82 Å². The molecule has 0 radical (unpaired) electrons. The molecule has 0 bridgehead atoms. The summed E-state index contributed by atoms with van der Waals surface area (Å²) in [6, 6.07) is 24.0. The number of hydrogen-bond donors (Lipinski definition) is 1. The van der Waals surface area contributed by atoms with Gasteiger partial charge in [-0.1, -0.05) is 47.7 Å². The van der Waals surface area contributed by atoms with Crippen LogP contribution in [-0.2, 0) is 16.4 Å². The average Bonchev–Trinajstić information content (AvgIpc) is 3.28. The largest absolute Gasteiger partial charge is 0.365 e. The number of thioether (sulfide) groups is 1. The first kappa shape index (κ1) is 20.5. The van der Waals surface area contributed by atoms with Gasteiger partial charge in [0.25, 0.3) is 0 Å². The molecule has 0 fully saturated rings. The van der Waals surface area contributed by atoms with Crippen molar-refractivity contribution in [3.63, 3.8) is 0 Å². The second kappa shape index (κ2) is 8.25. The van der Waals surface area contributed by atoms with E-state index >= 15 is 0 Å². The highest BCUT2D eigenvalue weighted by atomic mass is 32.2. The zero-order valence-electron chi connectivity index (χ0n) is 17.1. The molecule has 5 rings (SSSR count). The van der Waals surface area contributed by atoms with Gasteiger partial charge in [-0.15, -0.1) is 16.9 Å². The normalized spacial score (nSPS) is 11.8. The third-order valence-corrected chi connectivity index (χ3v) is 7.56. The van der Waals surface area contributed by atoms with Crippen LogP contribution >= 0.6 is 11.8 Å². The van der Waals surface area contributed by atoms with E-state index in [0.29, 0.717) is 12.4 Å². The highest BCUT2D eigenvalue weighted by molar-refractivity contribution is 7.98. The molecule has 0 atom stereocenters. The van der Waals surface area contributed by atoms with Crippen molar-refractivity contribution in [2.24, 2.45) is 0 Å². The molecule has 0 aliphatic heterocycles. The van der Waals surface area contributed by atoms with E-state index in [-0.39, 0.29) is 15.6 Å². The van der Waals surface area contributed by atoms with E-state index in [1.807, 2.05) is 30.5 Å². The number of nitrogens with zero attached hydrogens (tertiary/aromatic N) is 4. The Hall–Kier alpha value is -3.43. The Labute approximate surface area is 189 Å². The standard InChI is InChI=1S/C23H19N5O2S2/c1-31-17-13-11-16(12-14-17)15-24-21-19-9-5-6-10-20(19)28-22(25-21)23(26-27-28)32(29,30)18-7-3-2-4-8-18/h2-14H,15H2,1H3,(H,24,25). The second-order valence-corrected chi connectivity index (χ2v) is 9.87. The van der Waals surface area contributed by atoms with E-state index in [9.17, 15) is 8.42 Å². The van der Waals surface area contributed by atoms with E-state index in [2.05, 4.69) is 44.9 Å². The Morgan fingerprint density at radius 1 is 0.938 bits per heavy atom. The predicted molar refractivity (Wildman–Crippen MR) is 126 cm³/mol. The fraction of sp³-hybridized carbons (Fsp3) is 0.0870. The lowest BCUT2D eigenvalue weighted by atomic mass is 10.2. The summed E-state index contributed by atoms with van der Waals surface area (Å²) in [6.45, 7) is 0.546. The number of para-hydroxylation sites is 1. The predicted octanol–water partition coefficient (Wildman–Crippen LogP) is 4.44. The second-order valence-electron chi connectivity index (χ2n) is 7.13. The van der Waals surface area contributed by atoms with Crippen LogP contribution < -0.4 is 5.32 Å². The van der Waals surface area contributed by atoms with Crippen LogP contribution in [0.5, 0.6) is 0 Å². The van der Waals surface area contributed by atoms with Crippen molar-refractivity contribution < 1.29 is 8.42 Å². The molecule has 0 aliphatic rings. The van der Waals surface area contributed by atoms with Gasteiger partial charge in [-0.3, -0.25) is 0 Å². The van der Waals surface area contributed by atoms with Crippen LogP contribution in [0.1, 0.15) is 5.56 Å². The fourth-order valence-corrected chi connectivity index (χ4v) is 5.16. The summed E-state index contributed by atoms with van der Waals surface area (Å²) in [5, 5.41) is 12.1. The molecule has 5 aromatic rings. The molecule has 0 amide bonds. The molecule has 0 saturated carbocycles. The van der Waals surface area contributed by atoms with Crippen molar-refractivity contribution >= 4 is 44.0 Å². The smallest absolute Gasteiger partial charge is 0.229 e. The van der Waals surface area contributed by atoms with E-state index in [4.69, 9.17) is 0 Å². The Balaban J connectivity index is 1.61. The topological polar surface area (TPSA) is 89.2 Å². The van der Waals surface area contributed by atoms with Gasteiger partial charge in [-0.05, 0) is 48.2 Å². The molecule has 2 heterocycles. The summed E-state index contributed by atoms with van der Waals surface area (Å²) in [5.41, 5.74) is 2.00. The average molecular weight is 462 g/mol. The van der Waals surface area contributed by atoms with Crippen molar-refractivity contribution in [1.82, 2.24) is 19.8 Å². The molecule has 0 spiro atoms. The fourth-order valence-electron chi connectivity index (χ4n) is 3.49. The molecule has 7 nitrogen and oxygen atoms in total. The maximum absolute atomic E-state index is 13.2. The van der Waals surface area contributed by atoms with Gasteiger partial charge in [-0.2, -0.15) is 4.52 Å². The lowest BCUT2D eigenvalue weighted by Gasteiger charge is -2.11. The first-order chi connectivity index (χ1) is 15.6. The van der Waals surface area contributed by atoms with Crippen molar-refractivity contribution in [2.75, 3.05) is 11.6 Å². The number of rotatable bonds is 6. The van der Waals surface area contributed by atoms with Crippen molar-refractivity contribution in [3.8, 4) is 0 Å². The SMILES string of the molecule is CSc1ccc(CNc2nc3c(S(=O)(=O)c4ccccc4)nnn3c3ccccc23)cc1. The molecule has 32 heavy (non-hydrogen) atoms. The highest BCUT2D eigenvalue weighted by Crippen LogP contribution is 2.28. The molecular formula is C23H19N5O2S2. The minimum absolute atomic E-state index is 0.153. The number of nitrogens with one attached hydrogen (secondary N) is 1. The summed E-state index contributed by atoms with van der Waals surface area (Å²) in [7, 11) is -3.87. The van der Waals surface area contributed by atoms with Gasteiger partial charge < -0.3 is 5.32 Å². The monoisotopic (exact) mass is 461 g/mol.